The maximum atomic E-state index is 13.1. The average Bonchev–Trinajstić information content (AvgIpc) is 2.67. The normalized spacial score (nSPS) is 12.2. The minimum absolute atomic E-state index is 0.116. The predicted octanol–water partition coefficient (Wildman–Crippen LogP) is 4.10. The molecule has 0 unspecified atom stereocenters. The maximum absolute atomic E-state index is 13.1. The zero-order valence-electron chi connectivity index (χ0n) is 18.1. The van der Waals surface area contributed by atoms with E-state index in [1.807, 2.05) is 89.2 Å². The topological polar surface area (TPSA) is 58.6 Å². The minimum atomic E-state index is -0.569. The van der Waals surface area contributed by atoms with Gasteiger partial charge < -0.3 is 15.0 Å². The zero-order valence-corrected chi connectivity index (χ0v) is 18.1. The fraction of sp³-hybridized carbons (Fsp3) is 0.417. The Labute approximate surface area is 174 Å². The van der Waals surface area contributed by atoms with Crippen LogP contribution in [0.15, 0.2) is 54.6 Å². The van der Waals surface area contributed by atoms with Gasteiger partial charge in [-0.25, -0.2) is 0 Å². The maximum Gasteiger partial charge on any atom is 0.261 e. The third-order valence-electron chi connectivity index (χ3n) is 4.59. The molecule has 0 aliphatic rings. The first-order valence-corrected chi connectivity index (χ1v) is 10.0. The summed E-state index contributed by atoms with van der Waals surface area (Å²) < 4.78 is 5.67. The van der Waals surface area contributed by atoms with Gasteiger partial charge in [-0.05, 0) is 57.4 Å². The first kappa shape index (κ1) is 22.5. The summed E-state index contributed by atoms with van der Waals surface area (Å²) in [5.41, 5.74) is 1.73. The summed E-state index contributed by atoms with van der Waals surface area (Å²) >= 11 is 0. The second-order valence-corrected chi connectivity index (χ2v) is 8.21. The second kappa shape index (κ2) is 10.1. The van der Waals surface area contributed by atoms with E-state index in [9.17, 15) is 9.59 Å². The van der Waals surface area contributed by atoms with Gasteiger partial charge in [0.05, 0.1) is 0 Å². The summed E-state index contributed by atoms with van der Waals surface area (Å²) in [6.45, 7) is 9.98. The van der Waals surface area contributed by atoms with Crippen molar-refractivity contribution in [3.05, 3.63) is 65.7 Å². The Hall–Kier alpha value is -2.82. The van der Waals surface area contributed by atoms with Gasteiger partial charge >= 0.3 is 0 Å². The predicted molar refractivity (Wildman–Crippen MR) is 116 cm³/mol. The third-order valence-corrected chi connectivity index (χ3v) is 4.59. The molecule has 0 saturated heterocycles. The van der Waals surface area contributed by atoms with E-state index in [2.05, 4.69) is 5.32 Å². The summed E-state index contributed by atoms with van der Waals surface area (Å²) in [4.78, 5) is 27.7. The molecule has 2 rings (SSSR count). The Morgan fingerprint density at radius 2 is 1.66 bits per heavy atom. The van der Waals surface area contributed by atoms with Gasteiger partial charge in [0.15, 0.2) is 6.61 Å². The number of benzene rings is 2. The van der Waals surface area contributed by atoms with E-state index in [1.165, 1.54) is 0 Å². The van der Waals surface area contributed by atoms with E-state index in [4.69, 9.17) is 4.74 Å². The van der Waals surface area contributed by atoms with Crippen molar-refractivity contribution in [2.24, 2.45) is 0 Å². The van der Waals surface area contributed by atoms with Crippen LogP contribution >= 0.6 is 0 Å². The highest BCUT2D eigenvalue weighted by Gasteiger charge is 2.31. The largest absolute Gasteiger partial charge is 0.484 e. The molecule has 0 aliphatic heterocycles. The van der Waals surface area contributed by atoms with Crippen LogP contribution in [0.1, 0.15) is 45.2 Å². The Morgan fingerprint density at radius 3 is 2.24 bits per heavy atom. The molecule has 0 bridgehead atoms. The summed E-state index contributed by atoms with van der Waals surface area (Å²) in [7, 11) is 0. The second-order valence-electron chi connectivity index (χ2n) is 8.21. The van der Waals surface area contributed by atoms with Crippen molar-refractivity contribution in [1.29, 1.82) is 0 Å². The number of ether oxygens (including phenoxy) is 1. The summed E-state index contributed by atoms with van der Waals surface area (Å²) in [5.74, 6) is 0.263. The third kappa shape index (κ3) is 6.93. The molecular formula is C24H32N2O3. The lowest BCUT2D eigenvalue weighted by molar-refractivity contribution is -0.143. The van der Waals surface area contributed by atoms with Crippen LogP contribution in [0.3, 0.4) is 0 Å². The Morgan fingerprint density at radius 1 is 1.03 bits per heavy atom. The zero-order chi connectivity index (χ0) is 21.4. The van der Waals surface area contributed by atoms with Gasteiger partial charge in [0.25, 0.3) is 5.91 Å². The average molecular weight is 397 g/mol. The molecule has 0 radical (unpaired) electrons. The van der Waals surface area contributed by atoms with Crippen molar-refractivity contribution in [3.63, 3.8) is 0 Å². The number of aryl methyl sites for hydroxylation is 1. The Bertz CT molecular complexity index is 812. The van der Waals surface area contributed by atoms with Crippen molar-refractivity contribution in [2.45, 2.75) is 59.2 Å². The lowest BCUT2D eigenvalue weighted by Gasteiger charge is -2.33. The highest BCUT2D eigenvalue weighted by Crippen LogP contribution is 2.17. The fourth-order valence-electron chi connectivity index (χ4n) is 3.09. The van der Waals surface area contributed by atoms with Gasteiger partial charge in [-0.2, -0.15) is 0 Å². The van der Waals surface area contributed by atoms with Crippen molar-refractivity contribution < 1.29 is 14.3 Å². The van der Waals surface area contributed by atoms with Crippen molar-refractivity contribution in [1.82, 2.24) is 10.2 Å². The smallest absolute Gasteiger partial charge is 0.261 e. The lowest BCUT2D eigenvalue weighted by Crippen LogP contribution is -2.54. The molecule has 0 spiro atoms. The van der Waals surface area contributed by atoms with Crippen LogP contribution in [-0.2, 0) is 16.1 Å². The molecule has 29 heavy (non-hydrogen) atoms. The number of nitrogens with zero attached hydrogens (tertiary/aromatic N) is 1. The fourth-order valence-corrected chi connectivity index (χ4v) is 3.09. The quantitative estimate of drug-likeness (QED) is 0.731. The number of para-hydroxylation sites is 1. The molecule has 1 atom stereocenters. The number of hydrogen-bond acceptors (Lipinski definition) is 3. The molecule has 0 fully saturated rings. The molecule has 2 aromatic rings. The van der Waals surface area contributed by atoms with E-state index in [-0.39, 0.29) is 24.0 Å². The molecule has 2 aromatic carbocycles. The van der Waals surface area contributed by atoms with E-state index in [0.29, 0.717) is 18.7 Å². The van der Waals surface area contributed by atoms with Crippen LogP contribution in [-0.4, -0.2) is 34.9 Å². The van der Waals surface area contributed by atoms with E-state index in [0.717, 1.165) is 11.1 Å². The highest BCUT2D eigenvalue weighted by molar-refractivity contribution is 5.88. The van der Waals surface area contributed by atoms with Gasteiger partial charge in [-0.15, -0.1) is 0 Å². The van der Waals surface area contributed by atoms with Gasteiger partial charge in [0.2, 0.25) is 5.91 Å². The molecule has 1 N–H and O–H groups in total. The highest BCUT2D eigenvalue weighted by atomic mass is 16.5. The van der Waals surface area contributed by atoms with Crippen LogP contribution in [0.25, 0.3) is 0 Å². The van der Waals surface area contributed by atoms with Gasteiger partial charge in [-0.3, -0.25) is 9.59 Å². The molecule has 0 saturated carbocycles. The minimum Gasteiger partial charge on any atom is -0.484 e. The molecule has 156 valence electrons. The SMILES string of the molecule is CC[C@@H](C(=O)NC(C)(C)C)N(Cc1ccccc1C)C(=O)COc1ccccc1. The molecule has 5 heteroatoms. The van der Waals surface area contributed by atoms with E-state index < -0.39 is 6.04 Å². The lowest BCUT2D eigenvalue weighted by atomic mass is 10.0. The van der Waals surface area contributed by atoms with Crippen molar-refractivity contribution in [2.75, 3.05) is 6.61 Å². The number of carbonyl (C=O) groups excluding carboxylic acids is 2. The first-order valence-electron chi connectivity index (χ1n) is 10.0. The molecule has 5 nitrogen and oxygen atoms in total. The standard InChI is InChI=1S/C24H32N2O3/c1-6-21(23(28)25-24(3,4)5)26(16-19-13-11-10-12-18(19)2)22(27)17-29-20-14-8-7-9-15-20/h7-15,21H,6,16-17H2,1-5H3,(H,25,28)/t21-/m0/s1. The monoisotopic (exact) mass is 396 g/mol. The van der Waals surface area contributed by atoms with Crippen molar-refractivity contribution in [3.8, 4) is 5.75 Å². The van der Waals surface area contributed by atoms with Gasteiger partial charge in [0.1, 0.15) is 11.8 Å². The van der Waals surface area contributed by atoms with E-state index in [1.54, 1.807) is 4.90 Å². The molecule has 2 amide bonds. The first-order chi connectivity index (χ1) is 13.7. The number of nitrogens with one attached hydrogen (secondary N) is 1. The number of amides is 2. The van der Waals surface area contributed by atoms with Crippen LogP contribution in [0.2, 0.25) is 0 Å². The Balaban J connectivity index is 2.24. The van der Waals surface area contributed by atoms with Crippen LogP contribution < -0.4 is 10.1 Å². The molecule has 0 heterocycles. The number of rotatable bonds is 8. The molecular weight excluding hydrogens is 364 g/mol. The van der Waals surface area contributed by atoms with Crippen LogP contribution in [0.4, 0.5) is 0 Å². The Kier molecular flexibility index (Phi) is 7.82. The van der Waals surface area contributed by atoms with E-state index >= 15 is 0 Å². The van der Waals surface area contributed by atoms with Crippen LogP contribution in [0, 0.1) is 6.92 Å². The van der Waals surface area contributed by atoms with Crippen molar-refractivity contribution >= 4 is 11.8 Å². The summed E-state index contributed by atoms with van der Waals surface area (Å²) in [5, 5.41) is 3.01. The van der Waals surface area contributed by atoms with Crippen LogP contribution in [0.5, 0.6) is 5.75 Å². The number of carbonyl (C=O) groups is 2. The summed E-state index contributed by atoms with van der Waals surface area (Å²) in [6, 6.07) is 16.6. The van der Waals surface area contributed by atoms with Gasteiger partial charge in [0, 0.05) is 12.1 Å². The molecule has 0 aliphatic carbocycles. The number of hydrogen-bond donors (Lipinski definition) is 1. The van der Waals surface area contributed by atoms with Gasteiger partial charge in [-0.1, -0.05) is 49.4 Å². The summed E-state index contributed by atoms with van der Waals surface area (Å²) in [6.07, 6.45) is 0.519. The molecule has 0 aromatic heterocycles.